The van der Waals surface area contributed by atoms with Crippen LogP contribution in [0.4, 0.5) is 0 Å². The van der Waals surface area contributed by atoms with Crippen molar-refractivity contribution in [2.45, 2.75) is 57.8 Å². The first-order valence-corrected chi connectivity index (χ1v) is 13.5. The lowest BCUT2D eigenvalue weighted by molar-refractivity contribution is -0.133. The molecule has 9 heteroatoms. The van der Waals surface area contributed by atoms with Crippen molar-refractivity contribution in [3.05, 3.63) is 18.2 Å². The quantitative estimate of drug-likeness (QED) is 0.517. The third-order valence-corrected chi connectivity index (χ3v) is 7.55. The molecule has 3 rings (SSSR count). The van der Waals surface area contributed by atoms with Crippen LogP contribution >= 0.6 is 0 Å². The predicted molar refractivity (Wildman–Crippen MR) is 128 cm³/mol. The summed E-state index contributed by atoms with van der Waals surface area (Å²) in [6.07, 6.45) is 3.96. The number of nitrogens with one attached hydrogen (secondary N) is 1. The molecule has 0 spiro atoms. The maximum atomic E-state index is 12.5. The molecule has 0 unspecified atom stereocenters. The van der Waals surface area contributed by atoms with Gasteiger partial charge in [0.25, 0.3) is 0 Å². The highest BCUT2D eigenvalue weighted by Gasteiger charge is 2.22. The van der Waals surface area contributed by atoms with Crippen LogP contribution in [0.25, 0.3) is 0 Å². The number of hydrogen-bond acceptors (Lipinski definition) is 6. The lowest BCUT2D eigenvalue weighted by Gasteiger charge is -2.36. The van der Waals surface area contributed by atoms with Crippen molar-refractivity contribution in [1.29, 1.82) is 0 Å². The van der Waals surface area contributed by atoms with Gasteiger partial charge >= 0.3 is 0 Å². The van der Waals surface area contributed by atoms with Crippen LogP contribution in [0.1, 0.15) is 52.9 Å². The standard InChI is InChI=1S/C24H39N3O5S/c1-24(2,3)10-12-26-13-15-27(16-14-26)23(28)7-5-4-6-11-25-33(29,30)20-8-9-21-22(19-20)32-18-17-31-21/h8-9,19,25H,4-7,10-18H2,1-3H3. The zero-order chi connectivity index (χ0) is 23.9. The Bertz CT molecular complexity index is 890. The molecule has 2 aliphatic rings. The highest BCUT2D eigenvalue weighted by atomic mass is 32.2. The fourth-order valence-corrected chi connectivity index (χ4v) is 5.02. The summed E-state index contributed by atoms with van der Waals surface area (Å²) >= 11 is 0. The summed E-state index contributed by atoms with van der Waals surface area (Å²) in [6, 6.07) is 4.65. The summed E-state index contributed by atoms with van der Waals surface area (Å²) in [5.41, 5.74) is 0.338. The van der Waals surface area contributed by atoms with Crippen LogP contribution in [0.5, 0.6) is 11.5 Å². The van der Waals surface area contributed by atoms with Gasteiger partial charge in [-0.3, -0.25) is 9.69 Å². The molecule has 1 aromatic rings. The SMILES string of the molecule is CC(C)(C)CCN1CCN(C(=O)CCCCCNS(=O)(=O)c2ccc3c(c2)OCCO3)CC1. The molecule has 1 fully saturated rings. The molecule has 2 aliphatic heterocycles. The molecule has 0 aromatic heterocycles. The van der Waals surface area contributed by atoms with Gasteiger partial charge in [-0.05, 0) is 43.4 Å². The van der Waals surface area contributed by atoms with Crippen LogP contribution in [0.3, 0.4) is 0 Å². The second kappa shape index (κ2) is 11.5. The summed E-state index contributed by atoms with van der Waals surface area (Å²) in [6.45, 7) is 12.6. The van der Waals surface area contributed by atoms with Crippen LogP contribution in [0.2, 0.25) is 0 Å². The molecular formula is C24H39N3O5S. The minimum Gasteiger partial charge on any atom is -0.486 e. The van der Waals surface area contributed by atoms with Crippen molar-refractivity contribution in [1.82, 2.24) is 14.5 Å². The molecule has 0 bridgehead atoms. The van der Waals surface area contributed by atoms with Crippen molar-refractivity contribution >= 4 is 15.9 Å². The minimum atomic E-state index is -3.60. The fourth-order valence-electron chi connectivity index (χ4n) is 3.93. The molecular weight excluding hydrogens is 442 g/mol. The van der Waals surface area contributed by atoms with E-state index in [4.69, 9.17) is 9.47 Å². The van der Waals surface area contributed by atoms with Crippen LogP contribution in [-0.4, -0.2) is 76.6 Å². The molecule has 0 saturated carbocycles. The van der Waals surface area contributed by atoms with Gasteiger partial charge in [-0.15, -0.1) is 0 Å². The van der Waals surface area contributed by atoms with E-state index in [-0.39, 0.29) is 10.8 Å². The Morgan fingerprint density at radius 1 is 1.00 bits per heavy atom. The van der Waals surface area contributed by atoms with Gasteiger partial charge in [-0.1, -0.05) is 27.2 Å². The Morgan fingerprint density at radius 2 is 1.70 bits per heavy atom. The van der Waals surface area contributed by atoms with Gasteiger partial charge in [0, 0.05) is 45.2 Å². The number of rotatable bonds is 10. The largest absolute Gasteiger partial charge is 0.486 e. The summed E-state index contributed by atoms with van der Waals surface area (Å²) in [5.74, 6) is 1.23. The normalized spacial score (nSPS) is 17.2. The molecule has 0 radical (unpaired) electrons. The van der Waals surface area contributed by atoms with E-state index in [1.165, 1.54) is 18.6 Å². The van der Waals surface area contributed by atoms with Crippen LogP contribution < -0.4 is 14.2 Å². The average molecular weight is 482 g/mol. The molecule has 2 heterocycles. The Morgan fingerprint density at radius 3 is 2.39 bits per heavy atom. The molecule has 186 valence electrons. The monoisotopic (exact) mass is 481 g/mol. The highest BCUT2D eigenvalue weighted by molar-refractivity contribution is 7.89. The van der Waals surface area contributed by atoms with E-state index in [1.54, 1.807) is 6.07 Å². The molecule has 8 nitrogen and oxygen atoms in total. The zero-order valence-electron chi connectivity index (χ0n) is 20.3. The van der Waals surface area contributed by atoms with Crippen LogP contribution in [0.15, 0.2) is 23.1 Å². The number of fused-ring (bicyclic) bond motifs is 1. The third-order valence-electron chi connectivity index (χ3n) is 6.09. The molecule has 0 atom stereocenters. The molecule has 1 amide bonds. The van der Waals surface area contributed by atoms with E-state index >= 15 is 0 Å². The number of carbonyl (C=O) groups is 1. The summed E-state index contributed by atoms with van der Waals surface area (Å²) in [4.78, 5) is 17.1. The Balaban J connectivity index is 1.30. The lowest BCUT2D eigenvalue weighted by atomic mass is 9.92. The van der Waals surface area contributed by atoms with E-state index in [0.29, 0.717) is 49.5 Å². The van der Waals surface area contributed by atoms with Gasteiger partial charge in [-0.25, -0.2) is 13.1 Å². The van der Waals surface area contributed by atoms with Gasteiger partial charge in [0.05, 0.1) is 4.90 Å². The number of benzene rings is 1. The number of piperazine rings is 1. The van der Waals surface area contributed by atoms with E-state index < -0.39 is 10.0 Å². The van der Waals surface area contributed by atoms with Crippen molar-refractivity contribution < 1.29 is 22.7 Å². The van der Waals surface area contributed by atoms with Gasteiger partial charge in [-0.2, -0.15) is 0 Å². The molecule has 1 aromatic carbocycles. The number of nitrogens with zero attached hydrogens (tertiary/aromatic N) is 2. The van der Waals surface area contributed by atoms with Gasteiger partial charge in [0.2, 0.25) is 15.9 Å². The molecule has 33 heavy (non-hydrogen) atoms. The van der Waals surface area contributed by atoms with E-state index in [0.717, 1.165) is 45.6 Å². The number of unbranched alkanes of at least 4 members (excludes halogenated alkanes) is 2. The van der Waals surface area contributed by atoms with Gasteiger partial charge < -0.3 is 14.4 Å². The molecule has 1 saturated heterocycles. The van der Waals surface area contributed by atoms with Crippen molar-refractivity contribution in [2.24, 2.45) is 5.41 Å². The second-order valence-corrected chi connectivity index (χ2v) is 11.8. The zero-order valence-corrected chi connectivity index (χ0v) is 21.1. The van der Waals surface area contributed by atoms with Crippen molar-refractivity contribution in [3.63, 3.8) is 0 Å². The lowest BCUT2D eigenvalue weighted by Crippen LogP contribution is -2.49. The Labute approximate surface area is 198 Å². The first-order valence-electron chi connectivity index (χ1n) is 12.0. The number of sulfonamides is 1. The maximum Gasteiger partial charge on any atom is 0.240 e. The van der Waals surface area contributed by atoms with Crippen molar-refractivity contribution in [3.8, 4) is 11.5 Å². The number of carbonyl (C=O) groups excluding carboxylic acids is 1. The van der Waals surface area contributed by atoms with E-state index in [1.807, 2.05) is 4.90 Å². The number of amides is 1. The summed E-state index contributed by atoms with van der Waals surface area (Å²) in [5, 5.41) is 0. The summed E-state index contributed by atoms with van der Waals surface area (Å²) < 4.78 is 38.6. The van der Waals surface area contributed by atoms with Gasteiger partial charge in [0.15, 0.2) is 11.5 Å². The Hall–Kier alpha value is -1.84. The first-order chi connectivity index (χ1) is 15.6. The molecule has 0 aliphatic carbocycles. The molecule has 1 N–H and O–H groups in total. The second-order valence-electron chi connectivity index (χ2n) is 10.0. The topological polar surface area (TPSA) is 88.2 Å². The smallest absolute Gasteiger partial charge is 0.240 e. The number of ether oxygens (including phenoxy) is 2. The maximum absolute atomic E-state index is 12.5. The highest BCUT2D eigenvalue weighted by Crippen LogP contribution is 2.32. The van der Waals surface area contributed by atoms with Crippen LogP contribution in [0, 0.1) is 5.41 Å². The minimum absolute atomic E-state index is 0.170. The van der Waals surface area contributed by atoms with Gasteiger partial charge in [0.1, 0.15) is 13.2 Å². The Kier molecular flexibility index (Phi) is 9.01. The van der Waals surface area contributed by atoms with E-state index in [2.05, 4.69) is 30.4 Å². The average Bonchev–Trinajstić information content (AvgIpc) is 2.79. The summed E-state index contributed by atoms with van der Waals surface area (Å²) in [7, 11) is -3.60. The first kappa shape index (κ1) is 25.8. The predicted octanol–water partition coefficient (Wildman–Crippen LogP) is 2.88. The third kappa shape index (κ3) is 8.15. The fraction of sp³-hybridized carbons (Fsp3) is 0.708. The number of hydrogen-bond donors (Lipinski definition) is 1. The van der Waals surface area contributed by atoms with Crippen molar-refractivity contribution in [2.75, 3.05) is 52.5 Å². The van der Waals surface area contributed by atoms with E-state index in [9.17, 15) is 13.2 Å². The van der Waals surface area contributed by atoms with Crippen LogP contribution in [-0.2, 0) is 14.8 Å².